The Bertz CT molecular complexity index is 451. The van der Waals surface area contributed by atoms with Crippen molar-refractivity contribution in [2.45, 2.75) is 0 Å². The van der Waals surface area contributed by atoms with Gasteiger partial charge in [0.2, 0.25) is 11.5 Å². The lowest BCUT2D eigenvalue weighted by Gasteiger charge is -2.10. The number of aromatic amines is 1. The van der Waals surface area contributed by atoms with Crippen LogP contribution in [-0.4, -0.2) is 42.3 Å². The molecule has 0 unspecified atom stereocenters. The highest BCUT2D eigenvalue weighted by atomic mass is 16.2. The molecular weight excluding hydrogens is 210 g/mol. The lowest BCUT2D eigenvalue weighted by molar-refractivity contribution is -0.127. The number of rotatable bonds is 3. The number of likely N-dealkylation sites (N-methyl/N-ethyl adjacent to an activating group) is 1. The van der Waals surface area contributed by atoms with Gasteiger partial charge in [0.1, 0.15) is 5.69 Å². The van der Waals surface area contributed by atoms with E-state index in [1.807, 2.05) is 0 Å². The number of aromatic nitrogens is 1. The second-order valence-electron chi connectivity index (χ2n) is 3.40. The Morgan fingerprint density at radius 3 is 2.62 bits per heavy atom. The highest BCUT2D eigenvalue weighted by Gasteiger charge is 2.09. The predicted octanol–water partition coefficient (Wildman–Crippen LogP) is -0.807. The van der Waals surface area contributed by atoms with Crippen molar-refractivity contribution in [2.24, 2.45) is 0 Å². The van der Waals surface area contributed by atoms with E-state index in [9.17, 15) is 14.4 Å². The second-order valence-corrected chi connectivity index (χ2v) is 3.40. The van der Waals surface area contributed by atoms with Gasteiger partial charge in [-0.15, -0.1) is 0 Å². The first-order chi connectivity index (χ1) is 7.50. The third-order valence-electron chi connectivity index (χ3n) is 1.91. The van der Waals surface area contributed by atoms with Gasteiger partial charge in [0.15, 0.2) is 0 Å². The molecule has 0 saturated carbocycles. The van der Waals surface area contributed by atoms with Crippen molar-refractivity contribution in [1.29, 1.82) is 0 Å². The molecule has 0 spiro atoms. The van der Waals surface area contributed by atoms with Crippen molar-refractivity contribution < 1.29 is 9.59 Å². The van der Waals surface area contributed by atoms with Crippen LogP contribution >= 0.6 is 0 Å². The van der Waals surface area contributed by atoms with Crippen LogP contribution in [0.15, 0.2) is 23.0 Å². The zero-order valence-electron chi connectivity index (χ0n) is 9.11. The maximum atomic E-state index is 11.5. The van der Waals surface area contributed by atoms with Gasteiger partial charge in [0.25, 0.3) is 5.91 Å². The molecule has 0 atom stereocenters. The second kappa shape index (κ2) is 5.11. The third-order valence-corrected chi connectivity index (χ3v) is 1.91. The van der Waals surface area contributed by atoms with Crippen molar-refractivity contribution in [3.05, 3.63) is 34.2 Å². The Balaban J connectivity index is 2.60. The van der Waals surface area contributed by atoms with Gasteiger partial charge in [-0.3, -0.25) is 14.4 Å². The smallest absolute Gasteiger partial charge is 0.268 e. The number of nitrogens with one attached hydrogen (secondary N) is 2. The third kappa shape index (κ3) is 3.23. The van der Waals surface area contributed by atoms with E-state index in [0.29, 0.717) is 0 Å². The summed E-state index contributed by atoms with van der Waals surface area (Å²) in [5.74, 6) is -0.695. The SMILES string of the molecule is CN(C)C(=O)CNC(=O)c1cccc(=O)[nH]1. The Hall–Kier alpha value is -2.11. The van der Waals surface area contributed by atoms with E-state index in [-0.39, 0.29) is 23.7 Å². The summed E-state index contributed by atoms with van der Waals surface area (Å²) in [7, 11) is 3.19. The minimum absolute atomic E-state index is 0.0945. The molecule has 86 valence electrons. The van der Waals surface area contributed by atoms with Crippen LogP contribution in [0, 0.1) is 0 Å². The minimum atomic E-state index is -0.479. The molecular formula is C10H13N3O3. The molecule has 1 heterocycles. The van der Waals surface area contributed by atoms with Gasteiger partial charge in [0.05, 0.1) is 6.54 Å². The van der Waals surface area contributed by atoms with E-state index in [4.69, 9.17) is 0 Å². The molecule has 0 aromatic carbocycles. The monoisotopic (exact) mass is 223 g/mol. The molecule has 0 radical (unpaired) electrons. The standard InChI is InChI=1S/C10H13N3O3/c1-13(2)9(15)6-11-10(16)7-4-3-5-8(14)12-7/h3-5H,6H2,1-2H3,(H,11,16)(H,12,14). The highest BCUT2D eigenvalue weighted by Crippen LogP contribution is 1.89. The summed E-state index contributed by atoms with van der Waals surface area (Å²) in [6.45, 7) is -0.0945. The van der Waals surface area contributed by atoms with Gasteiger partial charge in [-0.25, -0.2) is 0 Å². The molecule has 0 fully saturated rings. The van der Waals surface area contributed by atoms with Gasteiger partial charge in [-0.05, 0) is 6.07 Å². The summed E-state index contributed by atoms with van der Waals surface area (Å²) in [6, 6.07) is 4.25. The molecule has 6 nitrogen and oxygen atoms in total. The van der Waals surface area contributed by atoms with E-state index in [1.165, 1.54) is 23.1 Å². The van der Waals surface area contributed by atoms with Crippen molar-refractivity contribution in [1.82, 2.24) is 15.2 Å². The highest BCUT2D eigenvalue weighted by molar-refractivity contribution is 5.94. The van der Waals surface area contributed by atoms with Crippen LogP contribution in [0.2, 0.25) is 0 Å². The van der Waals surface area contributed by atoms with Gasteiger partial charge >= 0.3 is 0 Å². The van der Waals surface area contributed by atoms with E-state index in [0.717, 1.165) is 0 Å². The van der Waals surface area contributed by atoms with Crippen molar-refractivity contribution in [3.8, 4) is 0 Å². The number of carbonyl (C=O) groups excluding carboxylic acids is 2. The summed E-state index contributed by atoms with van der Waals surface area (Å²) in [5, 5.41) is 2.41. The Kier molecular flexibility index (Phi) is 3.82. The van der Waals surface area contributed by atoms with Crippen LogP contribution in [-0.2, 0) is 4.79 Å². The van der Waals surface area contributed by atoms with Crippen LogP contribution in [0.3, 0.4) is 0 Å². The molecule has 0 aliphatic rings. The molecule has 1 rings (SSSR count). The number of pyridine rings is 1. The summed E-state index contributed by atoms with van der Waals surface area (Å²) in [6.07, 6.45) is 0. The van der Waals surface area contributed by atoms with Crippen molar-refractivity contribution in [2.75, 3.05) is 20.6 Å². The molecule has 6 heteroatoms. The number of nitrogens with zero attached hydrogens (tertiary/aromatic N) is 1. The first-order valence-corrected chi connectivity index (χ1v) is 4.68. The van der Waals surface area contributed by atoms with Crippen LogP contribution in [0.25, 0.3) is 0 Å². The fraction of sp³-hybridized carbons (Fsp3) is 0.300. The fourth-order valence-corrected chi connectivity index (χ4v) is 0.989. The normalized spacial score (nSPS) is 9.62. The van der Waals surface area contributed by atoms with Crippen molar-refractivity contribution in [3.63, 3.8) is 0 Å². The van der Waals surface area contributed by atoms with E-state index >= 15 is 0 Å². The summed E-state index contributed by atoms with van der Waals surface area (Å²) in [4.78, 5) is 37.3. The molecule has 2 amide bonds. The molecule has 0 bridgehead atoms. The van der Waals surface area contributed by atoms with Gasteiger partial charge < -0.3 is 15.2 Å². The molecule has 1 aromatic heterocycles. The predicted molar refractivity (Wildman–Crippen MR) is 58.1 cm³/mol. The lowest BCUT2D eigenvalue weighted by atomic mass is 10.3. The number of H-pyrrole nitrogens is 1. The average molecular weight is 223 g/mol. The number of amides is 2. The van der Waals surface area contributed by atoms with Gasteiger partial charge in [0, 0.05) is 20.2 Å². The fourth-order valence-electron chi connectivity index (χ4n) is 0.989. The first kappa shape index (κ1) is 12.0. The van der Waals surface area contributed by atoms with E-state index in [1.54, 1.807) is 14.1 Å². The molecule has 0 saturated heterocycles. The zero-order chi connectivity index (χ0) is 12.1. The van der Waals surface area contributed by atoms with E-state index < -0.39 is 5.91 Å². The summed E-state index contributed by atoms with van der Waals surface area (Å²) in [5.41, 5.74) is -0.217. The number of hydrogen-bond donors (Lipinski definition) is 2. The quantitative estimate of drug-likeness (QED) is 0.703. The van der Waals surface area contributed by atoms with Crippen LogP contribution in [0.4, 0.5) is 0 Å². The molecule has 0 aliphatic heterocycles. The van der Waals surface area contributed by atoms with Gasteiger partial charge in [-0.1, -0.05) is 6.07 Å². The molecule has 2 N–H and O–H groups in total. The summed E-state index contributed by atoms with van der Waals surface area (Å²) >= 11 is 0. The van der Waals surface area contributed by atoms with Crippen LogP contribution in [0.1, 0.15) is 10.5 Å². The topological polar surface area (TPSA) is 82.3 Å². The Morgan fingerprint density at radius 1 is 1.38 bits per heavy atom. The Labute approximate surface area is 92.3 Å². The van der Waals surface area contributed by atoms with Crippen LogP contribution in [0.5, 0.6) is 0 Å². The largest absolute Gasteiger partial charge is 0.347 e. The maximum Gasteiger partial charge on any atom is 0.268 e. The van der Waals surface area contributed by atoms with Crippen LogP contribution < -0.4 is 10.9 Å². The maximum absolute atomic E-state index is 11.5. The van der Waals surface area contributed by atoms with E-state index in [2.05, 4.69) is 10.3 Å². The summed E-state index contributed by atoms with van der Waals surface area (Å²) < 4.78 is 0. The Morgan fingerprint density at radius 2 is 2.06 bits per heavy atom. The molecule has 16 heavy (non-hydrogen) atoms. The number of hydrogen-bond acceptors (Lipinski definition) is 3. The average Bonchev–Trinajstić information content (AvgIpc) is 2.25. The zero-order valence-corrected chi connectivity index (χ0v) is 9.11. The number of carbonyl (C=O) groups is 2. The minimum Gasteiger partial charge on any atom is -0.347 e. The molecule has 0 aliphatic carbocycles. The lowest BCUT2D eigenvalue weighted by Crippen LogP contribution is -2.36. The van der Waals surface area contributed by atoms with Crippen molar-refractivity contribution >= 4 is 11.8 Å². The first-order valence-electron chi connectivity index (χ1n) is 4.68. The van der Waals surface area contributed by atoms with Gasteiger partial charge in [-0.2, -0.15) is 0 Å². The molecule has 1 aromatic rings.